The van der Waals surface area contributed by atoms with Crippen LogP contribution in [0.3, 0.4) is 0 Å². The molecule has 3 heterocycles. The zero-order valence-electron chi connectivity index (χ0n) is 10.9. The van der Waals surface area contributed by atoms with Crippen LogP contribution in [0, 0.1) is 24.2 Å². The van der Waals surface area contributed by atoms with Crippen LogP contribution in [0.25, 0.3) is 0 Å². The van der Waals surface area contributed by atoms with Crippen LogP contribution in [0.1, 0.15) is 26.2 Å². The lowest BCUT2D eigenvalue weighted by atomic mass is 9.76. The second kappa shape index (κ2) is 5.60. The molecule has 2 bridgehead atoms. The van der Waals surface area contributed by atoms with Gasteiger partial charge < -0.3 is 0 Å². The van der Waals surface area contributed by atoms with Crippen molar-refractivity contribution in [2.24, 2.45) is 11.8 Å². The van der Waals surface area contributed by atoms with Crippen molar-refractivity contribution >= 4 is 10.0 Å². The average molecular weight is 270 g/mol. The number of hydrogen-bond donors (Lipinski definition) is 1. The quantitative estimate of drug-likeness (QED) is 0.747. The molecule has 5 heteroatoms. The summed E-state index contributed by atoms with van der Waals surface area (Å²) in [4.78, 5) is 2.35. The van der Waals surface area contributed by atoms with Gasteiger partial charge in [-0.05, 0) is 31.7 Å². The van der Waals surface area contributed by atoms with Gasteiger partial charge in [-0.1, -0.05) is 6.92 Å². The highest BCUT2D eigenvalue weighted by Gasteiger charge is 2.39. The number of rotatable bonds is 5. The summed E-state index contributed by atoms with van der Waals surface area (Å²) < 4.78 is 26.0. The van der Waals surface area contributed by atoms with Crippen molar-refractivity contribution in [3.05, 3.63) is 0 Å². The molecule has 0 aliphatic carbocycles. The van der Waals surface area contributed by atoms with E-state index in [0.29, 0.717) is 30.8 Å². The number of terminal acetylenes is 1. The van der Waals surface area contributed by atoms with E-state index in [1.807, 2.05) is 6.92 Å². The molecule has 1 unspecified atom stereocenters. The molecule has 3 saturated heterocycles. The van der Waals surface area contributed by atoms with Gasteiger partial charge in [0.05, 0.1) is 5.75 Å². The molecule has 4 atom stereocenters. The van der Waals surface area contributed by atoms with E-state index < -0.39 is 10.0 Å². The first kappa shape index (κ1) is 13.9. The molecule has 0 aromatic heterocycles. The standard InChI is InChI=1S/C13H22N2O2S/c1-3-7-18(16,17)14-9-13-8-12-5-6-15(13)10-11(12)4-2/h2,11-14H,3,5-10H2,1H3/t11-,12+,13+/m0/s1. The predicted octanol–water partition coefficient (Wildman–Crippen LogP) is 0.659. The van der Waals surface area contributed by atoms with E-state index in [1.165, 1.54) is 0 Å². The Labute approximate surface area is 110 Å². The zero-order valence-corrected chi connectivity index (χ0v) is 11.7. The minimum atomic E-state index is -3.08. The smallest absolute Gasteiger partial charge is 0.211 e. The van der Waals surface area contributed by atoms with Gasteiger partial charge in [-0.3, -0.25) is 4.90 Å². The molecule has 3 fully saturated rings. The Morgan fingerprint density at radius 2 is 2.28 bits per heavy atom. The van der Waals surface area contributed by atoms with Gasteiger partial charge in [-0.25, -0.2) is 13.1 Å². The van der Waals surface area contributed by atoms with Crippen LogP contribution in [-0.4, -0.2) is 44.7 Å². The summed E-state index contributed by atoms with van der Waals surface area (Å²) in [5.74, 6) is 4.03. The summed E-state index contributed by atoms with van der Waals surface area (Å²) in [7, 11) is -3.08. The maximum absolute atomic E-state index is 11.6. The highest BCUT2D eigenvalue weighted by Crippen LogP contribution is 2.35. The van der Waals surface area contributed by atoms with E-state index in [0.717, 1.165) is 25.9 Å². The van der Waals surface area contributed by atoms with Crippen LogP contribution < -0.4 is 4.72 Å². The summed E-state index contributed by atoms with van der Waals surface area (Å²) in [6.07, 6.45) is 8.38. The lowest BCUT2D eigenvalue weighted by Gasteiger charge is -2.48. The Bertz CT molecular complexity index is 427. The Morgan fingerprint density at radius 3 is 2.83 bits per heavy atom. The molecule has 1 N–H and O–H groups in total. The highest BCUT2D eigenvalue weighted by atomic mass is 32.2. The molecular formula is C13H22N2O2S. The Kier molecular flexibility index (Phi) is 4.31. The molecule has 0 saturated carbocycles. The van der Waals surface area contributed by atoms with E-state index in [4.69, 9.17) is 6.42 Å². The van der Waals surface area contributed by atoms with Crippen LogP contribution in [0.15, 0.2) is 0 Å². The van der Waals surface area contributed by atoms with Crippen LogP contribution in [0.5, 0.6) is 0 Å². The fourth-order valence-electron chi connectivity index (χ4n) is 3.10. The number of hydrogen-bond acceptors (Lipinski definition) is 3. The van der Waals surface area contributed by atoms with Crippen molar-refractivity contribution in [1.82, 2.24) is 9.62 Å². The van der Waals surface area contributed by atoms with E-state index in [1.54, 1.807) is 0 Å². The molecule has 0 aromatic rings. The molecule has 0 amide bonds. The van der Waals surface area contributed by atoms with Crippen LogP contribution in [0.4, 0.5) is 0 Å². The molecule has 3 aliphatic rings. The zero-order chi connectivity index (χ0) is 13.2. The van der Waals surface area contributed by atoms with Crippen LogP contribution >= 0.6 is 0 Å². The highest BCUT2D eigenvalue weighted by molar-refractivity contribution is 7.89. The van der Waals surface area contributed by atoms with Crippen LogP contribution in [0.2, 0.25) is 0 Å². The molecule has 3 rings (SSSR count). The lowest BCUT2D eigenvalue weighted by Crippen LogP contribution is -2.56. The van der Waals surface area contributed by atoms with E-state index >= 15 is 0 Å². The van der Waals surface area contributed by atoms with Gasteiger partial charge in [0.1, 0.15) is 0 Å². The van der Waals surface area contributed by atoms with E-state index in [-0.39, 0.29) is 5.75 Å². The topological polar surface area (TPSA) is 49.4 Å². The van der Waals surface area contributed by atoms with Gasteiger partial charge in [-0.2, -0.15) is 0 Å². The molecule has 18 heavy (non-hydrogen) atoms. The predicted molar refractivity (Wildman–Crippen MR) is 72.5 cm³/mol. The molecule has 4 nitrogen and oxygen atoms in total. The summed E-state index contributed by atoms with van der Waals surface area (Å²) in [5, 5.41) is 0. The molecule has 0 radical (unpaired) electrons. The Hall–Kier alpha value is -0.570. The van der Waals surface area contributed by atoms with Crippen LogP contribution in [-0.2, 0) is 10.0 Å². The third-order valence-corrected chi connectivity index (χ3v) is 5.66. The third kappa shape index (κ3) is 3.05. The monoisotopic (exact) mass is 270 g/mol. The first-order valence-corrected chi connectivity index (χ1v) is 8.38. The largest absolute Gasteiger partial charge is 0.298 e. The number of nitrogens with one attached hydrogen (secondary N) is 1. The molecule has 0 aromatic carbocycles. The lowest BCUT2D eigenvalue weighted by molar-refractivity contribution is 0.0251. The fraction of sp³-hybridized carbons (Fsp3) is 0.846. The van der Waals surface area contributed by atoms with Gasteiger partial charge in [0.2, 0.25) is 10.0 Å². The van der Waals surface area contributed by atoms with Gasteiger partial charge in [0.25, 0.3) is 0 Å². The SMILES string of the molecule is C#C[C@H]1CN2CC[C@@H]1C[C@@H]2CNS(=O)(=O)CCC. The summed E-state index contributed by atoms with van der Waals surface area (Å²) >= 11 is 0. The van der Waals surface area contributed by atoms with Gasteiger partial charge in [0.15, 0.2) is 0 Å². The first-order valence-electron chi connectivity index (χ1n) is 6.73. The van der Waals surface area contributed by atoms with Crippen molar-refractivity contribution in [1.29, 1.82) is 0 Å². The summed E-state index contributed by atoms with van der Waals surface area (Å²) in [6.45, 7) is 4.41. The Morgan fingerprint density at radius 1 is 1.50 bits per heavy atom. The minimum Gasteiger partial charge on any atom is -0.298 e. The molecule has 3 aliphatic heterocycles. The first-order chi connectivity index (χ1) is 8.55. The summed E-state index contributed by atoms with van der Waals surface area (Å²) in [5.41, 5.74) is 0. The van der Waals surface area contributed by atoms with Crippen molar-refractivity contribution < 1.29 is 8.42 Å². The second-order valence-electron chi connectivity index (χ2n) is 5.37. The van der Waals surface area contributed by atoms with Gasteiger partial charge in [-0.15, -0.1) is 12.3 Å². The van der Waals surface area contributed by atoms with Gasteiger partial charge >= 0.3 is 0 Å². The van der Waals surface area contributed by atoms with Crippen molar-refractivity contribution in [2.45, 2.75) is 32.2 Å². The van der Waals surface area contributed by atoms with Crippen molar-refractivity contribution in [3.63, 3.8) is 0 Å². The number of fused-ring (bicyclic) bond motifs is 3. The normalized spacial score (nSPS) is 35.3. The number of piperidine rings is 3. The van der Waals surface area contributed by atoms with E-state index in [2.05, 4.69) is 15.5 Å². The van der Waals surface area contributed by atoms with Gasteiger partial charge in [0, 0.05) is 25.0 Å². The molecule has 0 spiro atoms. The third-order valence-electron chi connectivity index (χ3n) is 4.10. The second-order valence-corrected chi connectivity index (χ2v) is 7.30. The Balaban J connectivity index is 1.88. The fourth-order valence-corrected chi connectivity index (χ4v) is 4.23. The molecular weight excluding hydrogens is 248 g/mol. The number of nitrogens with zero attached hydrogens (tertiary/aromatic N) is 1. The maximum atomic E-state index is 11.6. The maximum Gasteiger partial charge on any atom is 0.211 e. The summed E-state index contributed by atoms with van der Waals surface area (Å²) in [6, 6.07) is 0.333. The van der Waals surface area contributed by atoms with Crippen molar-refractivity contribution in [2.75, 3.05) is 25.4 Å². The van der Waals surface area contributed by atoms with Crippen molar-refractivity contribution in [3.8, 4) is 12.3 Å². The van der Waals surface area contributed by atoms with E-state index in [9.17, 15) is 8.42 Å². The average Bonchev–Trinajstić information content (AvgIpc) is 2.37. The molecule has 102 valence electrons. The number of sulfonamides is 1. The minimum absolute atomic E-state index is 0.218.